The van der Waals surface area contributed by atoms with E-state index in [0.29, 0.717) is 18.2 Å². The third kappa shape index (κ3) is 3.16. The molecule has 0 aliphatic carbocycles. The smallest absolute Gasteiger partial charge is 0.276 e. The maximum Gasteiger partial charge on any atom is 0.276 e. The van der Waals surface area contributed by atoms with Gasteiger partial charge in [-0.25, -0.2) is 4.98 Å². The summed E-state index contributed by atoms with van der Waals surface area (Å²) in [6, 6.07) is 2.51. The molecule has 0 unspecified atom stereocenters. The minimum absolute atomic E-state index is 0.0636. The molecular formula is C10H11ClN6O2. The number of pyridine rings is 1. The van der Waals surface area contributed by atoms with Crippen LogP contribution in [0.1, 0.15) is 12.7 Å². The number of anilines is 1. The third-order valence-corrected chi connectivity index (χ3v) is 2.65. The van der Waals surface area contributed by atoms with Gasteiger partial charge in [0.05, 0.1) is 23.6 Å². The number of nitrogens with zero attached hydrogens (tertiary/aromatic N) is 5. The Morgan fingerprint density at radius 1 is 1.53 bits per heavy atom. The predicted molar refractivity (Wildman–Crippen MR) is 68.9 cm³/mol. The molecule has 0 saturated heterocycles. The number of aryl methyl sites for hydroxylation is 1. The van der Waals surface area contributed by atoms with Gasteiger partial charge in [0.15, 0.2) is 5.82 Å². The van der Waals surface area contributed by atoms with Crippen LogP contribution < -0.4 is 5.32 Å². The summed E-state index contributed by atoms with van der Waals surface area (Å²) in [6.45, 7) is 3.07. The Morgan fingerprint density at radius 3 is 3.00 bits per heavy atom. The van der Waals surface area contributed by atoms with Crippen LogP contribution >= 0.6 is 11.6 Å². The van der Waals surface area contributed by atoms with Gasteiger partial charge >= 0.3 is 0 Å². The number of rotatable bonds is 5. The lowest BCUT2D eigenvalue weighted by atomic mass is 10.4. The SMILES string of the molecule is CCn1cnnc1CNc1cc([N+](=O)[O-])cc(Cl)n1. The Labute approximate surface area is 113 Å². The molecule has 2 aromatic heterocycles. The van der Waals surface area contributed by atoms with Crippen molar-refractivity contribution in [2.45, 2.75) is 20.0 Å². The van der Waals surface area contributed by atoms with Crippen LogP contribution in [0.15, 0.2) is 18.5 Å². The fourth-order valence-electron chi connectivity index (χ4n) is 1.53. The van der Waals surface area contributed by atoms with Crippen LogP contribution in [-0.4, -0.2) is 24.7 Å². The second kappa shape index (κ2) is 5.61. The molecule has 0 atom stereocenters. The molecular weight excluding hydrogens is 272 g/mol. The molecule has 0 bridgehead atoms. The Balaban J connectivity index is 2.13. The number of hydrogen-bond donors (Lipinski definition) is 1. The first-order chi connectivity index (χ1) is 9.10. The first-order valence-electron chi connectivity index (χ1n) is 5.52. The van der Waals surface area contributed by atoms with E-state index in [2.05, 4.69) is 20.5 Å². The van der Waals surface area contributed by atoms with Crippen molar-refractivity contribution in [2.24, 2.45) is 0 Å². The van der Waals surface area contributed by atoms with Gasteiger partial charge in [0, 0.05) is 6.54 Å². The van der Waals surface area contributed by atoms with Crippen molar-refractivity contribution in [2.75, 3.05) is 5.32 Å². The summed E-state index contributed by atoms with van der Waals surface area (Å²) in [7, 11) is 0. The fraction of sp³-hybridized carbons (Fsp3) is 0.300. The molecule has 0 radical (unpaired) electrons. The van der Waals surface area contributed by atoms with Crippen molar-refractivity contribution in [3.63, 3.8) is 0 Å². The summed E-state index contributed by atoms with van der Waals surface area (Å²) in [4.78, 5) is 14.1. The second-order valence-electron chi connectivity index (χ2n) is 3.68. The van der Waals surface area contributed by atoms with Gasteiger partial charge < -0.3 is 9.88 Å². The molecule has 2 aromatic rings. The highest BCUT2D eigenvalue weighted by Crippen LogP contribution is 2.20. The summed E-state index contributed by atoms with van der Waals surface area (Å²) < 4.78 is 1.85. The molecule has 0 amide bonds. The number of aromatic nitrogens is 4. The van der Waals surface area contributed by atoms with Gasteiger partial charge in [-0.1, -0.05) is 11.6 Å². The minimum Gasteiger partial charge on any atom is -0.363 e. The average molecular weight is 283 g/mol. The van der Waals surface area contributed by atoms with Gasteiger partial charge in [-0.05, 0) is 6.92 Å². The van der Waals surface area contributed by atoms with Crippen LogP contribution in [-0.2, 0) is 13.1 Å². The molecule has 8 nitrogen and oxygen atoms in total. The van der Waals surface area contributed by atoms with E-state index in [1.54, 1.807) is 6.33 Å². The highest BCUT2D eigenvalue weighted by molar-refractivity contribution is 6.29. The largest absolute Gasteiger partial charge is 0.363 e. The maximum atomic E-state index is 10.7. The molecule has 0 spiro atoms. The minimum atomic E-state index is -0.521. The highest BCUT2D eigenvalue weighted by atomic mass is 35.5. The predicted octanol–water partition coefficient (Wildman–Crippen LogP) is 1.87. The molecule has 1 N–H and O–H groups in total. The van der Waals surface area contributed by atoms with Crippen molar-refractivity contribution in [1.82, 2.24) is 19.7 Å². The van der Waals surface area contributed by atoms with E-state index in [9.17, 15) is 10.1 Å². The van der Waals surface area contributed by atoms with Crippen LogP contribution in [0.2, 0.25) is 5.15 Å². The number of hydrogen-bond acceptors (Lipinski definition) is 6. The van der Waals surface area contributed by atoms with Gasteiger partial charge in [0.1, 0.15) is 17.3 Å². The number of halogens is 1. The van der Waals surface area contributed by atoms with Gasteiger partial charge in [-0.2, -0.15) is 0 Å². The number of nitro groups is 1. The standard InChI is InChI=1S/C10H11ClN6O2/c1-2-16-6-13-15-10(16)5-12-9-4-7(17(18)19)3-8(11)14-9/h3-4,6H,2,5H2,1H3,(H,12,14). The highest BCUT2D eigenvalue weighted by Gasteiger charge is 2.11. The molecule has 0 saturated carbocycles. The van der Waals surface area contributed by atoms with Gasteiger partial charge in [0.2, 0.25) is 0 Å². The lowest BCUT2D eigenvalue weighted by molar-refractivity contribution is -0.384. The van der Waals surface area contributed by atoms with Crippen molar-refractivity contribution in [3.05, 3.63) is 39.6 Å². The summed E-state index contributed by atoms with van der Waals surface area (Å²) >= 11 is 5.72. The van der Waals surface area contributed by atoms with Crippen LogP contribution in [0.3, 0.4) is 0 Å². The van der Waals surface area contributed by atoms with Crippen molar-refractivity contribution >= 4 is 23.1 Å². The quantitative estimate of drug-likeness (QED) is 0.510. The van der Waals surface area contributed by atoms with Gasteiger partial charge in [-0.3, -0.25) is 10.1 Å². The molecule has 2 rings (SSSR count). The third-order valence-electron chi connectivity index (χ3n) is 2.45. The van der Waals surface area contributed by atoms with E-state index in [1.165, 1.54) is 12.1 Å². The number of nitrogens with one attached hydrogen (secondary N) is 1. The maximum absolute atomic E-state index is 10.7. The van der Waals surface area contributed by atoms with E-state index >= 15 is 0 Å². The van der Waals surface area contributed by atoms with E-state index in [0.717, 1.165) is 6.54 Å². The summed E-state index contributed by atoms with van der Waals surface area (Å²) in [6.07, 6.45) is 1.62. The molecule has 0 fully saturated rings. The van der Waals surface area contributed by atoms with Gasteiger partial charge in [-0.15, -0.1) is 10.2 Å². The monoisotopic (exact) mass is 282 g/mol. The van der Waals surface area contributed by atoms with Gasteiger partial charge in [0.25, 0.3) is 5.69 Å². The van der Waals surface area contributed by atoms with Crippen molar-refractivity contribution in [1.29, 1.82) is 0 Å². The van der Waals surface area contributed by atoms with E-state index < -0.39 is 4.92 Å². The molecule has 0 aromatic carbocycles. The Bertz CT molecular complexity index is 599. The first-order valence-corrected chi connectivity index (χ1v) is 5.90. The van der Waals surface area contributed by atoms with E-state index in [4.69, 9.17) is 11.6 Å². The lowest BCUT2D eigenvalue weighted by Gasteiger charge is -2.06. The Hall–Kier alpha value is -2.22. The Morgan fingerprint density at radius 2 is 2.32 bits per heavy atom. The van der Waals surface area contributed by atoms with Crippen molar-refractivity contribution in [3.8, 4) is 0 Å². The average Bonchev–Trinajstić information content (AvgIpc) is 2.83. The molecule has 19 heavy (non-hydrogen) atoms. The molecule has 0 aliphatic rings. The molecule has 2 heterocycles. The topological polar surface area (TPSA) is 98.8 Å². The summed E-state index contributed by atoms with van der Waals surface area (Å²) in [5, 5.41) is 21.4. The van der Waals surface area contributed by atoms with Crippen LogP contribution in [0, 0.1) is 10.1 Å². The molecule has 100 valence electrons. The molecule has 9 heteroatoms. The fourth-order valence-corrected chi connectivity index (χ4v) is 1.73. The lowest BCUT2D eigenvalue weighted by Crippen LogP contribution is -2.08. The first kappa shape index (κ1) is 13.2. The summed E-state index contributed by atoms with van der Waals surface area (Å²) in [5.41, 5.74) is -0.112. The second-order valence-corrected chi connectivity index (χ2v) is 4.06. The summed E-state index contributed by atoms with van der Waals surface area (Å²) in [5.74, 6) is 1.04. The van der Waals surface area contributed by atoms with Crippen LogP contribution in [0.5, 0.6) is 0 Å². The zero-order chi connectivity index (χ0) is 13.8. The van der Waals surface area contributed by atoms with Crippen molar-refractivity contribution < 1.29 is 4.92 Å². The van der Waals surface area contributed by atoms with Crippen LogP contribution in [0.4, 0.5) is 11.5 Å². The van der Waals surface area contributed by atoms with E-state index in [-0.39, 0.29) is 10.8 Å². The normalized spacial score (nSPS) is 10.4. The molecule has 0 aliphatic heterocycles. The van der Waals surface area contributed by atoms with Crippen LogP contribution in [0.25, 0.3) is 0 Å². The zero-order valence-corrected chi connectivity index (χ0v) is 10.8. The zero-order valence-electron chi connectivity index (χ0n) is 10.1. The Kier molecular flexibility index (Phi) is 3.91. The van der Waals surface area contributed by atoms with E-state index in [1.807, 2.05) is 11.5 Å².